The van der Waals surface area contributed by atoms with E-state index in [-0.39, 0.29) is 19.1 Å². The lowest BCUT2D eigenvalue weighted by atomic mass is 10.1. The van der Waals surface area contributed by atoms with Crippen LogP contribution < -0.4 is 5.32 Å². The van der Waals surface area contributed by atoms with Gasteiger partial charge in [-0.3, -0.25) is 0 Å². The summed E-state index contributed by atoms with van der Waals surface area (Å²) in [7, 11) is 1.67. The van der Waals surface area contributed by atoms with Gasteiger partial charge >= 0.3 is 6.03 Å². The first-order chi connectivity index (χ1) is 13.0. The summed E-state index contributed by atoms with van der Waals surface area (Å²) >= 11 is 0. The van der Waals surface area contributed by atoms with Gasteiger partial charge in [-0.2, -0.15) is 4.98 Å². The number of urea groups is 1. The van der Waals surface area contributed by atoms with Crippen molar-refractivity contribution in [1.29, 1.82) is 0 Å². The first kappa shape index (κ1) is 18.6. The zero-order valence-electron chi connectivity index (χ0n) is 15.7. The van der Waals surface area contributed by atoms with Gasteiger partial charge in [-0.15, -0.1) is 0 Å². The molecule has 1 N–H and O–H groups in total. The van der Waals surface area contributed by atoms with Crippen molar-refractivity contribution in [2.75, 3.05) is 7.05 Å². The van der Waals surface area contributed by atoms with Gasteiger partial charge in [0.05, 0.1) is 13.1 Å². The summed E-state index contributed by atoms with van der Waals surface area (Å²) < 4.78 is 10.5. The zero-order valence-corrected chi connectivity index (χ0v) is 15.7. The van der Waals surface area contributed by atoms with E-state index in [9.17, 15) is 4.79 Å². The second kappa shape index (κ2) is 8.48. The van der Waals surface area contributed by atoms with Gasteiger partial charge in [0.25, 0.3) is 0 Å². The van der Waals surface area contributed by atoms with Crippen molar-refractivity contribution < 1.29 is 13.8 Å². The number of carbonyl (C=O) groups excluding carboxylic acids is 1. The first-order valence-corrected chi connectivity index (χ1v) is 8.82. The number of nitrogens with zero attached hydrogens (tertiary/aromatic N) is 4. The van der Waals surface area contributed by atoms with Gasteiger partial charge in [0.15, 0.2) is 11.6 Å². The molecule has 27 heavy (non-hydrogen) atoms. The minimum Gasteiger partial charge on any atom is -0.359 e. The van der Waals surface area contributed by atoms with E-state index < -0.39 is 0 Å². The minimum atomic E-state index is -0.261. The lowest BCUT2D eigenvalue weighted by Crippen LogP contribution is -2.36. The first-order valence-electron chi connectivity index (χ1n) is 8.82. The molecule has 8 nitrogen and oxygen atoms in total. The van der Waals surface area contributed by atoms with Gasteiger partial charge < -0.3 is 19.3 Å². The summed E-state index contributed by atoms with van der Waals surface area (Å²) in [6.07, 6.45) is 0.720. The lowest BCUT2D eigenvalue weighted by molar-refractivity contribution is 0.203. The Bertz CT molecular complexity index is 872. The smallest absolute Gasteiger partial charge is 0.317 e. The molecular weight excluding hydrogens is 346 g/mol. The number of hydrogen-bond acceptors (Lipinski definition) is 6. The van der Waals surface area contributed by atoms with Crippen LogP contribution in [0.4, 0.5) is 4.79 Å². The topological polar surface area (TPSA) is 97.3 Å². The van der Waals surface area contributed by atoms with Crippen molar-refractivity contribution in [3.63, 3.8) is 0 Å². The van der Waals surface area contributed by atoms with Crippen LogP contribution in [0, 0.1) is 5.92 Å². The molecule has 8 heteroatoms. The predicted octanol–water partition coefficient (Wildman–Crippen LogP) is 3.26. The molecule has 142 valence electrons. The Labute approximate surface area is 157 Å². The summed E-state index contributed by atoms with van der Waals surface area (Å²) in [5.41, 5.74) is 1.70. The molecule has 2 aromatic heterocycles. The maximum Gasteiger partial charge on any atom is 0.317 e. The number of rotatable bonds is 7. The molecule has 3 aromatic rings. The van der Waals surface area contributed by atoms with Crippen molar-refractivity contribution in [2.45, 2.75) is 33.4 Å². The summed E-state index contributed by atoms with van der Waals surface area (Å²) in [6.45, 7) is 4.67. The molecule has 0 atom stereocenters. The van der Waals surface area contributed by atoms with Crippen LogP contribution in [0.15, 0.2) is 45.4 Å². The normalized spacial score (nSPS) is 11.0. The fourth-order valence-corrected chi connectivity index (χ4v) is 2.51. The van der Waals surface area contributed by atoms with Crippen LogP contribution in [0.2, 0.25) is 0 Å². The maximum atomic E-state index is 12.2. The zero-order chi connectivity index (χ0) is 19.2. The number of nitrogens with one attached hydrogen (secondary N) is 1. The quantitative estimate of drug-likeness (QED) is 0.686. The summed E-state index contributed by atoms with van der Waals surface area (Å²) in [5, 5.41) is 10.7. The molecular formula is C19H23N5O3. The third-order valence-electron chi connectivity index (χ3n) is 3.86. The lowest BCUT2D eigenvalue weighted by Gasteiger charge is -2.15. The van der Waals surface area contributed by atoms with Gasteiger partial charge in [0.1, 0.15) is 5.69 Å². The molecule has 0 aliphatic rings. The van der Waals surface area contributed by atoms with Crippen molar-refractivity contribution in [3.05, 3.63) is 53.9 Å². The Morgan fingerprint density at radius 2 is 1.96 bits per heavy atom. The Morgan fingerprint density at radius 3 is 2.70 bits per heavy atom. The number of hydrogen-bond donors (Lipinski definition) is 1. The average Bonchev–Trinajstić information content (AvgIpc) is 3.29. The molecule has 0 spiro atoms. The fraction of sp³-hybridized carbons (Fsp3) is 0.368. The standard InChI is InChI=1S/C19H23N5O3/c1-13(2)9-18-21-17(23-27-18)12-24(3)19(25)20-11-15-10-16(22-26-15)14-7-5-4-6-8-14/h4-8,10,13H,9,11-12H2,1-3H3,(H,20,25). The minimum absolute atomic E-state index is 0.244. The highest BCUT2D eigenvalue weighted by molar-refractivity contribution is 5.73. The Hall–Kier alpha value is -3.16. The van der Waals surface area contributed by atoms with Gasteiger partial charge in [-0.05, 0) is 5.92 Å². The van der Waals surface area contributed by atoms with E-state index in [1.165, 1.54) is 4.90 Å². The van der Waals surface area contributed by atoms with Crippen molar-refractivity contribution >= 4 is 6.03 Å². The molecule has 1 aromatic carbocycles. The highest BCUT2D eigenvalue weighted by atomic mass is 16.5. The Morgan fingerprint density at radius 1 is 1.19 bits per heavy atom. The predicted molar refractivity (Wildman–Crippen MR) is 98.5 cm³/mol. The molecule has 2 heterocycles. The van der Waals surface area contributed by atoms with E-state index in [1.807, 2.05) is 36.4 Å². The van der Waals surface area contributed by atoms with Crippen LogP contribution in [-0.2, 0) is 19.5 Å². The number of amides is 2. The number of carbonyl (C=O) groups is 1. The second-order valence-corrected chi connectivity index (χ2v) is 6.76. The highest BCUT2D eigenvalue weighted by Crippen LogP contribution is 2.18. The molecule has 0 fully saturated rings. The molecule has 0 unspecified atom stereocenters. The second-order valence-electron chi connectivity index (χ2n) is 6.76. The van der Waals surface area contributed by atoms with E-state index in [0.29, 0.717) is 23.4 Å². The van der Waals surface area contributed by atoms with E-state index >= 15 is 0 Å². The van der Waals surface area contributed by atoms with Crippen LogP contribution in [-0.4, -0.2) is 33.3 Å². The molecule has 0 bridgehead atoms. The van der Waals surface area contributed by atoms with Gasteiger partial charge in [0.2, 0.25) is 5.89 Å². The van der Waals surface area contributed by atoms with Crippen molar-refractivity contribution in [2.24, 2.45) is 5.92 Å². The van der Waals surface area contributed by atoms with E-state index in [2.05, 4.69) is 34.5 Å². The van der Waals surface area contributed by atoms with Crippen LogP contribution in [0.5, 0.6) is 0 Å². The molecule has 0 radical (unpaired) electrons. The molecule has 2 amide bonds. The van der Waals surface area contributed by atoms with E-state index in [0.717, 1.165) is 17.7 Å². The third-order valence-corrected chi connectivity index (χ3v) is 3.86. The van der Waals surface area contributed by atoms with Crippen LogP contribution in [0.3, 0.4) is 0 Å². The summed E-state index contributed by atoms with van der Waals surface area (Å²) in [4.78, 5) is 18.0. The molecule has 0 saturated carbocycles. The largest absolute Gasteiger partial charge is 0.359 e. The van der Waals surface area contributed by atoms with Crippen LogP contribution >= 0.6 is 0 Å². The van der Waals surface area contributed by atoms with Gasteiger partial charge in [-0.25, -0.2) is 4.79 Å². The number of aromatic nitrogens is 3. The van der Waals surface area contributed by atoms with Gasteiger partial charge in [-0.1, -0.05) is 54.5 Å². The monoisotopic (exact) mass is 369 g/mol. The molecule has 0 saturated heterocycles. The fourth-order valence-electron chi connectivity index (χ4n) is 2.51. The van der Waals surface area contributed by atoms with Crippen LogP contribution in [0.1, 0.15) is 31.3 Å². The summed E-state index contributed by atoms with van der Waals surface area (Å²) in [5.74, 6) is 2.08. The summed E-state index contributed by atoms with van der Waals surface area (Å²) in [6, 6.07) is 11.3. The average molecular weight is 369 g/mol. The Kier molecular flexibility index (Phi) is 5.85. The molecule has 3 rings (SSSR count). The van der Waals surface area contributed by atoms with Crippen molar-refractivity contribution in [3.8, 4) is 11.3 Å². The van der Waals surface area contributed by atoms with Crippen molar-refractivity contribution in [1.82, 2.24) is 25.5 Å². The van der Waals surface area contributed by atoms with E-state index in [4.69, 9.17) is 9.05 Å². The SMILES string of the molecule is CC(C)Cc1nc(CN(C)C(=O)NCc2cc(-c3ccccc3)no2)no1. The third kappa shape index (κ3) is 5.16. The number of benzene rings is 1. The maximum absolute atomic E-state index is 12.2. The van der Waals surface area contributed by atoms with Gasteiger partial charge in [0, 0.05) is 25.1 Å². The van der Waals surface area contributed by atoms with E-state index in [1.54, 1.807) is 7.05 Å². The molecule has 0 aliphatic carbocycles. The Balaban J connectivity index is 1.50. The van der Waals surface area contributed by atoms with Crippen LogP contribution in [0.25, 0.3) is 11.3 Å². The highest BCUT2D eigenvalue weighted by Gasteiger charge is 2.15. The molecule has 0 aliphatic heterocycles.